The van der Waals surface area contributed by atoms with E-state index in [1.54, 1.807) is 6.07 Å². The van der Waals surface area contributed by atoms with Gasteiger partial charge in [0.2, 0.25) is 0 Å². The van der Waals surface area contributed by atoms with Crippen molar-refractivity contribution in [3.8, 4) is 5.75 Å². The largest absolute Gasteiger partial charge is 0.494 e. The highest BCUT2D eigenvalue weighted by Gasteiger charge is 2.10. The summed E-state index contributed by atoms with van der Waals surface area (Å²) in [6.45, 7) is 5.24. The first-order valence-electron chi connectivity index (χ1n) is 7.40. The number of halogens is 1. The number of benzene rings is 1. The molecule has 2 aromatic rings. The number of furan rings is 1. The quantitative estimate of drug-likeness (QED) is 0.804. The fourth-order valence-electron chi connectivity index (χ4n) is 1.89. The molecular formula is C17H23ClN2O3. The Morgan fingerprint density at radius 2 is 2.13 bits per heavy atom. The molecule has 3 N–H and O–H groups in total. The summed E-state index contributed by atoms with van der Waals surface area (Å²) in [6, 6.07) is 8.99. The molecule has 0 radical (unpaired) electrons. The molecule has 1 amide bonds. The second-order valence-corrected chi connectivity index (χ2v) is 5.52. The Labute approximate surface area is 142 Å². The zero-order chi connectivity index (χ0) is 15.9. The van der Waals surface area contributed by atoms with Crippen LogP contribution in [0.5, 0.6) is 5.75 Å². The van der Waals surface area contributed by atoms with E-state index < -0.39 is 0 Å². The Hall–Kier alpha value is -1.98. The van der Waals surface area contributed by atoms with Gasteiger partial charge in [-0.25, -0.2) is 0 Å². The summed E-state index contributed by atoms with van der Waals surface area (Å²) in [5.41, 5.74) is 6.59. The van der Waals surface area contributed by atoms with Gasteiger partial charge in [0.05, 0.1) is 18.7 Å². The number of carbonyl (C=O) groups excluding carboxylic acids is 1. The van der Waals surface area contributed by atoms with Crippen LogP contribution in [-0.4, -0.2) is 12.5 Å². The van der Waals surface area contributed by atoms with E-state index in [-0.39, 0.29) is 24.9 Å². The fraction of sp³-hybridized carbons (Fsp3) is 0.353. The zero-order valence-corrected chi connectivity index (χ0v) is 14.2. The van der Waals surface area contributed by atoms with Crippen molar-refractivity contribution >= 4 is 24.0 Å². The molecule has 0 fully saturated rings. The lowest BCUT2D eigenvalue weighted by molar-refractivity contribution is 0.102. The van der Waals surface area contributed by atoms with E-state index in [9.17, 15) is 4.79 Å². The Morgan fingerprint density at radius 3 is 2.78 bits per heavy atom. The highest BCUT2D eigenvalue weighted by Crippen LogP contribution is 2.19. The lowest BCUT2D eigenvalue weighted by Gasteiger charge is -2.10. The van der Waals surface area contributed by atoms with Gasteiger partial charge < -0.3 is 20.2 Å². The molecule has 1 aromatic heterocycles. The van der Waals surface area contributed by atoms with Gasteiger partial charge in [-0.2, -0.15) is 0 Å². The van der Waals surface area contributed by atoms with Gasteiger partial charge >= 0.3 is 0 Å². The van der Waals surface area contributed by atoms with Crippen LogP contribution in [0.15, 0.2) is 41.0 Å². The Morgan fingerprint density at radius 1 is 1.35 bits per heavy atom. The van der Waals surface area contributed by atoms with Gasteiger partial charge in [0.15, 0.2) is 0 Å². The normalized spacial score (nSPS) is 10.3. The fourth-order valence-corrected chi connectivity index (χ4v) is 1.89. The highest BCUT2D eigenvalue weighted by atomic mass is 35.5. The van der Waals surface area contributed by atoms with Gasteiger partial charge in [0, 0.05) is 11.8 Å². The third kappa shape index (κ3) is 5.96. The predicted molar refractivity (Wildman–Crippen MR) is 93.2 cm³/mol. The van der Waals surface area contributed by atoms with E-state index in [1.807, 2.05) is 24.3 Å². The molecule has 2 rings (SSSR count). The van der Waals surface area contributed by atoms with Crippen molar-refractivity contribution in [1.29, 1.82) is 0 Å². The van der Waals surface area contributed by atoms with Crippen LogP contribution >= 0.6 is 12.4 Å². The minimum absolute atomic E-state index is 0. The number of hydrogen-bond donors (Lipinski definition) is 2. The molecule has 1 heterocycles. The van der Waals surface area contributed by atoms with E-state index in [2.05, 4.69) is 19.2 Å². The Kier molecular flexibility index (Phi) is 7.65. The van der Waals surface area contributed by atoms with Crippen molar-refractivity contribution in [2.24, 2.45) is 11.7 Å². The zero-order valence-electron chi connectivity index (χ0n) is 13.4. The summed E-state index contributed by atoms with van der Waals surface area (Å²) in [5.74, 6) is 1.69. The summed E-state index contributed by atoms with van der Waals surface area (Å²) >= 11 is 0. The number of anilines is 1. The minimum Gasteiger partial charge on any atom is -0.494 e. The van der Waals surface area contributed by atoms with Crippen LogP contribution in [0, 0.1) is 5.92 Å². The maximum atomic E-state index is 12.1. The maximum Gasteiger partial charge on any atom is 0.258 e. The summed E-state index contributed by atoms with van der Waals surface area (Å²) < 4.78 is 10.8. The van der Waals surface area contributed by atoms with Crippen LogP contribution in [0.1, 0.15) is 36.4 Å². The SMILES string of the molecule is CC(C)CCOc1cccc(NC(=O)c2coc(CN)c2)c1.Cl. The second kappa shape index (κ2) is 9.22. The van der Waals surface area contributed by atoms with Gasteiger partial charge in [-0.1, -0.05) is 19.9 Å². The summed E-state index contributed by atoms with van der Waals surface area (Å²) in [7, 11) is 0. The lowest BCUT2D eigenvalue weighted by Crippen LogP contribution is -2.11. The van der Waals surface area contributed by atoms with Crippen LogP contribution in [-0.2, 0) is 6.54 Å². The highest BCUT2D eigenvalue weighted by molar-refractivity contribution is 6.04. The molecule has 1 aromatic carbocycles. The number of carbonyl (C=O) groups is 1. The van der Waals surface area contributed by atoms with Gasteiger partial charge in [0.25, 0.3) is 5.91 Å². The average Bonchev–Trinajstić information content (AvgIpc) is 2.96. The summed E-state index contributed by atoms with van der Waals surface area (Å²) in [6.07, 6.45) is 2.40. The topological polar surface area (TPSA) is 77.5 Å². The first kappa shape index (κ1) is 19.1. The number of amides is 1. The van der Waals surface area contributed by atoms with Gasteiger partial charge in [-0.05, 0) is 30.5 Å². The third-order valence-electron chi connectivity index (χ3n) is 3.17. The summed E-state index contributed by atoms with van der Waals surface area (Å²) in [4.78, 5) is 12.1. The van der Waals surface area contributed by atoms with Gasteiger partial charge in [0.1, 0.15) is 17.8 Å². The number of ether oxygens (including phenoxy) is 1. The predicted octanol–water partition coefficient (Wildman–Crippen LogP) is 3.84. The van der Waals surface area contributed by atoms with Crippen molar-refractivity contribution in [2.45, 2.75) is 26.8 Å². The summed E-state index contributed by atoms with van der Waals surface area (Å²) in [5, 5.41) is 2.82. The molecule has 0 spiro atoms. The Balaban J connectivity index is 0.00000264. The molecule has 0 atom stereocenters. The molecule has 0 aliphatic heterocycles. The second-order valence-electron chi connectivity index (χ2n) is 5.52. The van der Waals surface area contributed by atoms with Gasteiger partial charge in [-0.3, -0.25) is 4.79 Å². The molecule has 23 heavy (non-hydrogen) atoms. The Bertz CT molecular complexity index is 626. The van der Waals surface area contributed by atoms with Crippen molar-refractivity contribution in [3.63, 3.8) is 0 Å². The number of nitrogens with one attached hydrogen (secondary N) is 1. The molecule has 0 aliphatic carbocycles. The van der Waals surface area contributed by atoms with Crippen LogP contribution in [0.3, 0.4) is 0 Å². The van der Waals surface area contributed by atoms with E-state index in [4.69, 9.17) is 14.9 Å². The van der Waals surface area contributed by atoms with Gasteiger partial charge in [-0.15, -0.1) is 12.4 Å². The number of nitrogens with two attached hydrogens (primary N) is 1. The lowest BCUT2D eigenvalue weighted by atomic mass is 10.1. The average molecular weight is 339 g/mol. The van der Waals surface area contributed by atoms with Crippen molar-refractivity contribution in [3.05, 3.63) is 47.9 Å². The molecule has 0 bridgehead atoms. The molecule has 0 aliphatic rings. The van der Waals surface area contributed by atoms with E-state index in [0.29, 0.717) is 29.5 Å². The molecule has 0 saturated heterocycles. The molecule has 5 nitrogen and oxygen atoms in total. The first-order chi connectivity index (χ1) is 10.6. The molecule has 6 heteroatoms. The van der Waals surface area contributed by atoms with E-state index in [0.717, 1.165) is 12.2 Å². The molecule has 126 valence electrons. The number of rotatable bonds is 7. The van der Waals surface area contributed by atoms with E-state index in [1.165, 1.54) is 6.26 Å². The van der Waals surface area contributed by atoms with Crippen LogP contribution in [0.25, 0.3) is 0 Å². The van der Waals surface area contributed by atoms with Crippen molar-refractivity contribution in [2.75, 3.05) is 11.9 Å². The van der Waals surface area contributed by atoms with Crippen LogP contribution in [0.2, 0.25) is 0 Å². The van der Waals surface area contributed by atoms with Crippen molar-refractivity contribution in [1.82, 2.24) is 0 Å². The maximum absolute atomic E-state index is 12.1. The molecule has 0 unspecified atom stereocenters. The minimum atomic E-state index is -0.234. The molecular weight excluding hydrogens is 316 g/mol. The molecule has 0 saturated carbocycles. The van der Waals surface area contributed by atoms with E-state index >= 15 is 0 Å². The standard InChI is InChI=1S/C17H22N2O3.ClH/c1-12(2)6-7-21-15-5-3-4-14(9-15)19-17(20)13-8-16(10-18)22-11-13;/h3-5,8-9,11-12H,6-7,10,18H2,1-2H3,(H,19,20);1H. The van der Waals surface area contributed by atoms with Crippen LogP contribution in [0.4, 0.5) is 5.69 Å². The van der Waals surface area contributed by atoms with Crippen molar-refractivity contribution < 1.29 is 13.9 Å². The first-order valence-corrected chi connectivity index (χ1v) is 7.40. The number of hydrogen-bond acceptors (Lipinski definition) is 4. The third-order valence-corrected chi connectivity index (χ3v) is 3.17. The monoisotopic (exact) mass is 338 g/mol. The smallest absolute Gasteiger partial charge is 0.258 e. The van der Waals surface area contributed by atoms with Crippen LogP contribution < -0.4 is 15.8 Å².